The van der Waals surface area contributed by atoms with E-state index in [9.17, 15) is 32.4 Å². The number of hydrogen-bond donors (Lipinski definition) is 4. The van der Waals surface area contributed by atoms with Crippen LogP contribution in [0.15, 0.2) is 12.7 Å². The van der Waals surface area contributed by atoms with Crippen molar-refractivity contribution in [2.45, 2.75) is 117 Å². The number of fused-ring (bicyclic) bond motifs is 1. The van der Waals surface area contributed by atoms with Gasteiger partial charge in [-0.05, 0) is 54.3 Å². The van der Waals surface area contributed by atoms with Gasteiger partial charge in [-0.15, -0.1) is 6.58 Å². The first-order chi connectivity index (χ1) is 22.9. The number of hydrogen-bond acceptors (Lipinski definition) is 7. The molecule has 0 aromatic rings. The van der Waals surface area contributed by atoms with Crippen LogP contribution < -0.4 is 21.3 Å². The number of carbonyl (C=O) groups is 5. The van der Waals surface area contributed by atoms with E-state index in [-0.39, 0.29) is 54.3 Å². The number of rotatable bonds is 14. The van der Waals surface area contributed by atoms with Crippen LogP contribution in [0.4, 0.5) is 4.79 Å². The van der Waals surface area contributed by atoms with Gasteiger partial charge >= 0.3 is 6.03 Å². The zero-order chi connectivity index (χ0) is 36.3. The van der Waals surface area contributed by atoms with Crippen molar-refractivity contribution in [3.8, 4) is 0 Å². The minimum atomic E-state index is -3.38. The lowest BCUT2D eigenvalue weighted by Crippen LogP contribution is -2.61. The molecular weight excluding hydrogens is 648 g/mol. The van der Waals surface area contributed by atoms with Gasteiger partial charge < -0.3 is 26.2 Å². The Kier molecular flexibility index (Phi) is 12.3. The maximum absolute atomic E-state index is 14.6. The van der Waals surface area contributed by atoms with Gasteiger partial charge in [0.05, 0.1) is 11.8 Å². The number of nitrogens with zero attached hydrogens (tertiary/aromatic N) is 2. The molecule has 2 aliphatic carbocycles. The van der Waals surface area contributed by atoms with Gasteiger partial charge in [0.25, 0.3) is 5.91 Å². The van der Waals surface area contributed by atoms with E-state index in [1.54, 1.807) is 4.90 Å². The van der Waals surface area contributed by atoms with Crippen LogP contribution in [0.5, 0.6) is 0 Å². The maximum atomic E-state index is 14.6. The second kappa shape index (κ2) is 15.5. The molecule has 2 saturated heterocycles. The molecule has 0 spiro atoms. The fourth-order valence-corrected chi connectivity index (χ4v) is 9.58. The summed E-state index contributed by atoms with van der Waals surface area (Å²) in [5, 5.41) is 11.3. The average Bonchev–Trinajstić information content (AvgIpc) is 3.33. The summed E-state index contributed by atoms with van der Waals surface area (Å²) in [7, 11) is -3.38. The van der Waals surface area contributed by atoms with Crippen LogP contribution in [-0.2, 0) is 29.2 Å². The van der Waals surface area contributed by atoms with Crippen LogP contribution in [0.25, 0.3) is 0 Å². The van der Waals surface area contributed by atoms with Crippen LogP contribution in [0.1, 0.15) is 92.9 Å². The van der Waals surface area contributed by atoms with Crippen molar-refractivity contribution >= 4 is 39.6 Å². The van der Waals surface area contributed by atoms with Gasteiger partial charge in [0.1, 0.15) is 12.1 Å². The molecule has 4 fully saturated rings. The van der Waals surface area contributed by atoms with E-state index in [0.717, 1.165) is 32.1 Å². The number of amides is 5. The summed E-state index contributed by atoms with van der Waals surface area (Å²) in [5.74, 6) is -2.43. The molecule has 6 atom stereocenters. The lowest BCUT2D eigenvalue weighted by molar-refractivity contribution is -0.144. The summed E-state index contributed by atoms with van der Waals surface area (Å²) in [5.41, 5.74) is -0.662. The van der Waals surface area contributed by atoms with Crippen molar-refractivity contribution in [1.82, 2.24) is 30.5 Å². The predicted octanol–water partition coefficient (Wildman–Crippen LogP) is 2.32. The van der Waals surface area contributed by atoms with E-state index in [1.807, 2.05) is 27.7 Å². The quantitative estimate of drug-likeness (QED) is 0.158. The zero-order valence-electron chi connectivity index (χ0n) is 30.2. The average molecular weight is 707 g/mol. The van der Waals surface area contributed by atoms with Gasteiger partial charge in [-0.25, -0.2) is 13.2 Å². The molecule has 2 saturated carbocycles. The number of carbonyl (C=O) groups excluding carboxylic acids is 5. The van der Waals surface area contributed by atoms with E-state index in [4.69, 9.17) is 0 Å². The third-order valence-electron chi connectivity index (χ3n) is 11.2. The summed E-state index contributed by atoms with van der Waals surface area (Å²) in [6, 6.07) is -3.84. The van der Waals surface area contributed by atoms with Crippen LogP contribution in [-0.4, -0.2) is 103 Å². The maximum Gasteiger partial charge on any atom is 0.315 e. The molecule has 1 unspecified atom stereocenters. The van der Waals surface area contributed by atoms with Gasteiger partial charge in [-0.2, -0.15) is 4.31 Å². The first-order valence-corrected chi connectivity index (χ1v) is 19.6. The van der Waals surface area contributed by atoms with Gasteiger partial charge in [0, 0.05) is 32.2 Å². The van der Waals surface area contributed by atoms with Crippen molar-refractivity contribution in [3.05, 3.63) is 12.7 Å². The van der Waals surface area contributed by atoms with E-state index in [0.29, 0.717) is 25.9 Å². The topological polar surface area (TPSA) is 174 Å². The highest BCUT2D eigenvalue weighted by atomic mass is 32.2. The normalized spacial score (nSPS) is 26.5. The largest absolute Gasteiger partial charge is 0.346 e. The molecule has 2 aliphatic heterocycles. The molecular formula is C35H58N6O7S. The second-order valence-electron chi connectivity index (χ2n) is 16.0. The summed E-state index contributed by atoms with van der Waals surface area (Å²) in [4.78, 5) is 69.4. The highest BCUT2D eigenvalue weighted by Gasteiger charge is 2.69. The highest BCUT2D eigenvalue weighted by molar-refractivity contribution is 7.89. The summed E-state index contributed by atoms with van der Waals surface area (Å²) >= 11 is 0. The minimum absolute atomic E-state index is 0.0805. The minimum Gasteiger partial charge on any atom is -0.346 e. The Bertz CT molecular complexity index is 1390. The van der Waals surface area contributed by atoms with Crippen LogP contribution in [0.3, 0.4) is 0 Å². The number of likely N-dealkylation sites (tertiary alicyclic amines) is 1. The van der Waals surface area contributed by atoms with E-state index in [1.165, 1.54) is 10.4 Å². The van der Waals surface area contributed by atoms with Crippen LogP contribution >= 0.6 is 0 Å². The van der Waals surface area contributed by atoms with Crippen molar-refractivity contribution in [2.75, 3.05) is 31.9 Å². The molecule has 0 radical (unpaired) electrons. The fourth-order valence-electron chi connectivity index (χ4n) is 8.04. The standard InChI is InChI=1S/C35H58N6O7S/c1-8-14-24(29(42)31(44)36-17-9-2)37-30(43)28-26-23(35(26,6)7)20-41(28)32(45)27(22-15-11-10-12-16-22)39-33(46)38-25(34(3,4)5)21-40-18-13-19-49(40,47)48/h9,22-28H,2,8,10-21H2,1,3-7H3,(H,36,44)(H,37,43)(H2,38,39,46)/t23-,24?,25+,26-,27-,28-/m0/s1. The fraction of sp³-hybridized carbons (Fsp3) is 0.800. The molecule has 4 rings (SSSR count). The first kappa shape index (κ1) is 38.8. The van der Waals surface area contributed by atoms with Gasteiger partial charge in [0.2, 0.25) is 27.6 Å². The van der Waals surface area contributed by atoms with Crippen molar-refractivity contribution in [2.24, 2.45) is 28.6 Å². The SMILES string of the molecule is C=CCNC(=O)C(=O)C(CCC)NC(=O)[C@@H]1[C@@H]2[C@H](CN1C(=O)[C@@H](NC(=O)N[C@H](CN1CCCS1(=O)=O)C(C)(C)C)C1CCCCC1)C2(C)C. The molecule has 5 amide bonds. The van der Waals surface area contributed by atoms with Gasteiger partial charge in [0.15, 0.2) is 0 Å². The lowest BCUT2D eigenvalue weighted by Gasteiger charge is -2.38. The van der Waals surface area contributed by atoms with Crippen molar-refractivity contribution in [1.29, 1.82) is 0 Å². The predicted molar refractivity (Wildman–Crippen MR) is 187 cm³/mol. The van der Waals surface area contributed by atoms with Crippen molar-refractivity contribution < 1.29 is 32.4 Å². The molecule has 13 nitrogen and oxygen atoms in total. The zero-order valence-corrected chi connectivity index (χ0v) is 31.0. The Labute approximate surface area is 292 Å². The molecule has 0 bridgehead atoms. The Morgan fingerprint density at radius 3 is 2.24 bits per heavy atom. The number of piperidine rings is 1. The molecule has 14 heteroatoms. The third-order valence-corrected chi connectivity index (χ3v) is 13.1. The Balaban J connectivity index is 1.55. The molecule has 4 N–H and O–H groups in total. The molecule has 49 heavy (non-hydrogen) atoms. The summed E-state index contributed by atoms with van der Waals surface area (Å²) in [6.07, 6.45) is 7.22. The highest BCUT2D eigenvalue weighted by Crippen LogP contribution is 2.65. The summed E-state index contributed by atoms with van der Waals surface area (Å²) < 4.78 is 26.6. The number of nitrogens with one attached hydrogen (secondary N) is 4. The van der Waals surface area contributed by atoms with E-state index >= 15 is 0 Å². The molecule has 0 aromatic heterocycles. The molecule has 2 heterocycles. The van der Waals surface area contributed by atoms with Crippen LogP contribution in [0, 0.1) is 28.6 Å². The molecule has 276 valence electrons. The monoisotopic (exact) mass is 706 g/mol. The van der Waals surface area contributed by atoms with Crippen LogP contribution in [0.2, 0.25) is 0 Å². The second-order valence-corrected chi connectivity index (χ2v) is 18.1. The van der Waals surface area contributed by atoms with E-state index < -0.39 is 63.2 Å². The number of sulfonamides is 1. The lowest BCUT2D eigenvalue weighted by atomic mass is 9.83. The van der Waals surface area contributed by atoms with Crippen molar-refractivity contribution in [3.63, 3.8) is 0 Å². The Morgan fingerprint density at radius 1 is 1.00 bits per heavy atom. The van der Waals surface area contributed by atoms with E-state index in [2.05, 4.69) is 41.7 Å². The third kappa shape index (κ3) is 8.84. The van der Waals surface area contributed by atoms with Gasteiger partial charge in [-0.1, -0.05) is 73.3 Å². The Morgan fingerprint density at radius 2 is 1.67 bits per heavy atom. The first-order valence-electron chi connectivity index (χ1n) is 18.0. The Hall–Kier alpha value is -3.00. The number of urea groups is 1. The molecule has 4 aliphatic rings. The summed E-state index contributed by atoms with van der Waals surface area (Å²) in [6.45, 7) is 16.4. The number of Topliss-reactive ketones (excluding diaryl/α,β-unsaturated/α-hetero) is 1. The number of ketones is 1. The smallest absolute Gasteiger partial charge is 0.315 e. The molecule has 0 aromatic carbocycles. The van der Waals surface area contributed by atoms with Gasteiger partial charge in [-0.3, -0.25) is 19.2 Å².